The van der Waals surface area contributed by atoms with Crippen molar-refractivity contribution in [3.63, 3.8) is 0 Å². The summed E-state index contributed by atoms with van der Waals surface area (Å²) in [5.41, 5.74) is 0.823. The number of nitrogens with one attached hydrogen (secondary N) is 4. The highest BCUT2D eigenvalue weighted by Gasteiger charge is 2.26. The Morgan fingerprint density at radius 2 is 2.14 bits per heavy atom. The van der Waals surface area contributed by atoms with Crippen LogP contribution >= 0.6 is 0 Å². The predicted molar refractivity (Wildman–Crippen MR) is 82.0 cm³/mol. The van der Waals surface area contributed by atoms with Gasteiger partial charge in [0.25, 0.3) is 5.91 Å². The minimum atomic E-state index is -0.605. The van der Waals surface area contributed by atoms with Crippen LogP contribution in [0, 0.1) is 11.3 Å². The van der Waals surface area contributed by atoms with Crippen LogP contribution in [0.1, 0.15) is 26.2 Å². The summed E-state index contributed by atoms with van der Waals surface area (Å²) in [4.78, 5) is 23.8. The van der Waals surface area contributed by atoms with Crippen LogP contribution in [0.5, 0.6) is 0 Å². The van der Waals surface area contributed by atoms with Crippen LogP contribution in [0.2, 0.25) is 0 Å². The molecule has 0 aromatic carbocycles. The van der Waals surface area contributed by atoms with Gasteiger partial charge in [0.15, 0.2) is 0 Å². The molecule has 0 radical (unpaired) electrons. The van der Waals surface area contributed by atoms with Crippen LogP contribution in [-0.4, -0.2) is 37.8 Å². The first-order valence-corrected chi connectivity index (χ1v) is 7.58. The summed E-state index contributed by atoms with van der Waals surface area (Å²) >= 11 is 0. The second-order valence-electron chi connectivity index (χ2n) is 5.31. The van der Waals surface area contributed by atoms with Crippen LogP contribution in [0.4, 0.5) is 0 Å². The fourth-order valence-corrected chi connectivity index (χ4v) is 2.51. The summed E-state index contributed by atoms with van der Waals surface area (Å²) in [7, 11) is 0. The summed E-state index contributed by atoms with van der Waals surface area (Å²) in [6, 6.07) is 0. The minimum absolute atomic E-state index is 0.0290. The van der Waals surface area contributed by atoms with Gasteiger partial charge in [0.2, 0.25) is 0 Å². The Labute approximate surface area is 129 Å². The van der Waals surface area contributed by atoms with Gasteiger partial charge in [0.05, 0.1) is 6.61 Å². The summed E-state index contributed by atoms with van der Waals surface area (Å²) < 4.78 is 5.04. The molecule has 0 atom stereocenters. The molecule has 7 nitrogen and oxygen atoms in total. The van der Waals surface area contributed by atoms with E-state index in [1.165, 1.54) is 6.08 Å². The van der Waals surface area contributed by atoms with Gasteiger partial charge >= 0.3 is 5.97 Å². The third kappa shape index (κ3) is 3.94. The normalized spacial score (nSPS) is 21.3. The minimum Gasteiger partial charge on any atom is -0.462 e. The fourth-order valence-electron chi connectivity index (χ4n) is 2.51. The van der Waals surface area contributed by atoms with Crippen molar-refractivity contribution in [3.8, 4) is 0 Å². The number of rotatable bonds is 5. The molecule has 2 heterocycles. The summed E-state index contributed by atoms with van der Waals surface area (Å²) in [5, 5.41) is 16.4. The van der Waals surface area contributed by atoms with E-state index in [4.69, 9.17) is 10.1 Å². The van der Waals surface area contributed by atoms with E-state index >= 15 is 0 Å². The number of hydrogen-bond donors (Lipinski definition) is 4. The SMILES string of the molecule is CCCOC(=O)/C(C=N)=C1\NC(=O)C=C(C2CCNCC2)N1. The molecule has 2 rings (SSSR count). The lowest BCUT2D eigenvalue weighted by Gasteiger charge is -2.29. The molecule has 0 aromatic rings. The molecule has 4 N–H and O–H groups in total. The average molecular weight is 306 g/mol. The van der Waals surface area contributed by atoms with Crippen molar-refractivity contribution in [2.24, 2.45) is 5.92 Å². The van der Waals surface area contributed by atoms with Crippen LogP contribution in [0.25, 0.3) is 0 Å². The standard InChI is InChI=1S/C15H22N4O3/c1-2-7-22-15(21)11(9-16)14-18-12(8-13(20)19-14)10-3-5-17-6-4-10/h8-10,16-18H,2-7H2,1H3,(H,19,20)/b14-11-,16-9?. The second kappa shape index (κ2) is 7.74. The maximum Gasteiger partial charge on any atom is 0.343 e. The van der Waals surface area contributed by atoms with E-state index in [-0.39, 0.29) is 29.8 Å². The molecule has 0 spiro atoms. The summed E-state index contributed by atoms with van der Waals surface area (Å²) in [5.74, 6) is -0.408. The molecule has 2 aliphatic rings. The van der Waals surface area contributed by atoms with Crippen molar-refractivity contribution in [1.29, 1.82) is 5.41 Å². The van der Waals surface area contributed by atoms with Gasteiger partial charge in [-0.15, -0.1) is 0 Å². The first kappa shape index (κ1) is 16.2. The van der Waals surface area contributed by atoms with E-state index in [0.717, 1.165) is 37.8 Å². The first-order chi connectivity index (χ1) is 10.7. The van der Waals surface area contributed by atoms with Gasteiger partial charge in [-0.2, -0.15) is 0 Å². The Morgan fingerprint density at radius 3 is 2.77 bits per heavy atom. The molecule has 1 saturated heterocycles. The van der Waals surface area contributed by atoms with Crippen molar-refractivity contribution in [1.82, 2.24) is 16.0 Å². The van der Waals surface area contributed by atoms with Gasteiger partial charge in [0, 0.05) is 23.9 Å². The van der Waals surface area contributed by atoms with Gasteiger partial charge in [0.1, 0.15) is 11.4 Å². The molecule has 0 bridgehead atoms. The maximum absolute atomic E-state index is 12.0. The molecular formula is C15H22N4O3. The Bertz CT molecular complexity index is 519. The Kier molecular flexibility index (Phi) is 5.71. The number of ether oxygens (including phenoxy) is 1. The molecule has 1 amide bonds. The molecule has 0 unspecified atom stereocenters. The third-order valence-electron chi connectivity index (χ3n) is 3.65. The molecule has 1 fully saturated rings. The topological polar surface area (TPSA) is 103 Å². The first-order valence-electron chi connectivity index (χ1n) is 7.58. The van der Waals surface area contributed by atoms with E-state index in [2.05, 4.69) is 16.0 Å². The lowest BCUT2D eigenvalue weighted by molar-refractivity contribution is -0.138. The number of amides is 1. The number of carbonyl (C=O) groups is 2. The van der Waals surface area contributed by atoms with E-state index in [9.17, 15) is 9.59 Å². The highest BCUT2D eigenvalue weighted by molar-refractivity contribution is 6.10. The Balaban J connectivity index is 2.18. The largest absolute Gasteiger partial charge is 0.462 e. The average Bonchev–Trinajstić information content (AvgIpc) is 2.54. The maximum atomic E-state index is 12.0. The molecule has 120 valence electrons. The fraction of sp³-hybridized carbons (Fsp3) is 0.533. The molecule has 0 aliphatic carbocycles. The lowest BCUT2D eigenvalue weighted by atomic mass is 9.93. The number of hydrogen-bond acceptors (Lipinski definition) is 6. The number of allylic oxidation sites excluding steroid dienone is 1. The van der Waals surface area contributed by atoms with Crippen molar-refractivity contribution < 1.29 is 14.3 Å². The van der Waals surface area contributed by atoms with E-state index in [1.807, 2.05) is 6.92 Å². The van der Waals surface area contributed by atoms with E-state index in [1.54, 1.807) is 0 Å². The molecule has 22 heavy (non-hydrogen) atoms. The van der Waals surface area contributed by atoms with Crippen LogP contribution < -0.4 is 16.0 Å². The lowest BCUT2D eigenvalue weighted by Crippen LogP contribution is -2.42. The van der Waals surface area contributed by atoms with Crippen molar-refractivity contribution >= 4 is 18.1 Å². The van der Waals surface area contributed by atoms with Gasteiger partial charge < -0.3 is 26.1 Å². The molecular weight excluding hydrogens is 284 g/mol. The van der Waals surface area contributed by atoms with Gasteiger partial charge in [-0.3, -0.25) is 4.79 Å². The zero-order chi connectivity index (χ0) is 15.9. The number of piperidine rings is 1. The highest BCUT2D eigenvalue weighted by atomic mass is 16.5. The number of esters is 1. The van der Waals surface area contributed by atoms with Crippen molar-refractivity contribution in [2.45, 2.75) is 26.2 Å². The summed E-state index contributed by atoms with van der Waals surface area (Å²) in [6.07, 6.45) is 5.00. The van der Waals surface area contributed by atoms with Gasteiger partial charge in [-0.05, 0) is 32.4 Å². The van der Waals surface area contributed by atoms with Crippen LogP contribution in [0.15, 0.2) is 23.2 Å². The van der Waals surface area contributed by atoms with Crippen molar-refractivity contribution in [3.05, 3.63) is 23.2 Å². The quantitative estimate of drug-likeness (QED) is 0.334. The molecule has 0 saturated carbocycles. The monoisotopic (exact) mass is 306 g/mol. The van der Waals surface area contributed by atoms with E-state index in [0.29, 0.717) is 6.42 Å². The second-order valence-corrected chi connectivity index (χ2v) is 5.31. The summed E-state index contributed by atoms with van der Waals surface area (Å²) in [6.45, 7) is 3.98. The predicted octanol–water partition coefficient (Wildman–Crippen LogP) is 0.404. The Hall–Kier alpha value is -2.15. The zero-order valence-corrected chi connectivity index (χ0v) is 12.7. The van der Waals surface area contributed by atoms with Crippen molar-refractivity contribution in [2.75, 3.05) is 19.7 Å². The van der Waals surface area contributed by atoms with Gasteiger partial charge in [-0.25, -0.2) is 4.79 Å². The Morgan fingerprint density at radius 1 is 1.41 bits per heavy atom. The highest BCUT2D eigenvalue weighted by Crippen LogP contribution is 2.22. The zero-order valence-electron chi connectivity index (χ0n) is 12.7. The van der Waals surface area contributed by atoms with Gasteiger partial charge in [-0.1, -0.05) is 6.92 Å². The van der Waals surface area contributed by atoms with Crippen LogP contribution in [-0.2, 0) is 14.3 Å². The third-order valence-corrected chi connectivity index (χ3v) is 3.65. The van der Waals surface area contributed by atoms with Crippen LogP contribution in [0.3, 0.4) is 0 Å². The molecule has 7 heteroatoms. The number of carbonyl (C=O) groups excluding carboxylic acids is 2. The smallest absolute Gasteiger partial charge is 0.343 e. The molecule has 2 aliphatic heterocycles. The van der Waals surface area contributed by atoms with E-state index < -0.39 is 5.97 Å². The molecule has 0 aromatic heterocycles.